The van der Waals surface area contributed by atoms with E-state index in [-0.39, 0.29) is 0 Å². The molecule has 0 heterocycles. The van der Waals surface area contributed by atoms with Crippen molar-refractivity contribution in [2.24, 2.45) is 0 Å². The van der Waals surface area contributed by atoms with Crippen molar-refractivity contribution in [1.29, 1.82) is 0 Å². The van der Waals surface area contributed by atoms with Gasteiger partial charge in [0.15, 0.2) is 0 Å². The van der Waals surface area contributed by atoms with Crippen LogP contribution in [0.15, 0.2) is 54.6 Å². The number of aliphatic hydroxyl groups is 1. The second-order valence-electron chi connectivity index (χ2n) is 6.76. The minimum absolute atomic E-state index is 0.566. The minimum atomic E-state index is -1.43. The maximum absolute atomic E-state index is 12.0. The zero-order chi connectivity index (χ0) is 19.1. The van der Waals surface area contributed by atoms with Crippen molar-refractivity contribution in [3.63, 3.8) is 0 Å². The average molecular weight is 410 g/mol. The monoisotopic (exact) mass is 408 g/mol. The van der Waals surface area contributed by atoms with Crippen LogP contribution < -0.4 is 0 Å². The van der Waals surface area contributed by atoms with E-state index in [0.29, 0.717) is 31.8 Å². The lowest BCUT2D eigenvalue weighted by Gasteiger charge is -2.31. The van der Waals surface area contributed by atoms with E-state index in [0.717, 1.165) is 16.7 Å². The molecule has 0 amide bonds. The summed E-state index contributed by atoms with van der Waals surface area (Å²) in [5, 5.41) is 13.7. The number of halogens is 3. The molecule has 26 heavy (non-hydrogen) atoms. The summed E-state index contributed by atoms with van der Waals surface area (Å²) in [6.07, 6.45) is 0. The Labute approximate surface area is 169 Å². The zero-order valence-electron chi connectivity index (χ0n) is 14.8. The topological polar surface area (TPSA) is 20.2 Å². The smallest absolute Gasteiger partial charge is 0.140 e. The van der Waals surface area contributed by atoms with Crippen molar-refractivity contribution in [3.05, 3.63) is 103 Å². The first-order valence-electron chi connectivity index (χ1n) is 8.24. The van der Waals surface area contributed by atoms with E-state index in [4.69, 9.17) is 34.8 Å². The predicted molar refractivity (Wildman–Crippen MR) is 111 cm³/mol. The van der Waals surface area contributed by atoms with E-state index >= 15 is 0 Å². The molecule has 1 N–H and O–H groups in total. The third-order valence-corrected chi connectivity index (χ3v) is 5.03. The Bertz CT molecular complexity index is 793. The van der Waals surface area contributed by atoms with Crippen LogP contribution in [-0.4, -0.2) is 5.11 Å². The molecule has 0 saturated carbocycles. The van der Waals surface area contributed by atoms with Gasteiger partial charge in [-0.15, -0.1) is 0 Å². The van der Waals surface area contributed by atoms with Crippen LogP contribution in [-0.2, 0) is 5.60 Å². The van der Waals surface area contributed by atoms with Crippen LogP contribution in [0.2, 0.25) is 15.1 Å². The molecule has 0 saturated heterocycles. The number of rotatable bonds is 3. The molecule has 0 bridgehead atoms. The molecular formula is C22H19Cl3O. The molecule has 1 nitrogen and oxygen atoms in total. The van der Waals surface area contributed by atoms with E-state index in [2.05, 4.69) is 0 Å². The standard InChI is InChI=1S/C22H19Cl3O/c1-13-4-16(10-19(23)7-13)22(26,17-5-14(2)8-20(24)11-17)18-6-15(3)9-21(25)12-18/h4-12,26H,1-3H3/i1+1,2+1,3+1,22+1. The summed E-state index contributed by atoms with van der Waals surface area (Å²) in [5.41, 5.74) is 3.47. The molecular weight excluding hydrogens is 391 g/mol. The molecule has 0 aromatic heterocycles. The molecule has 134 valence electrons. The molecule has 4 heteroatoms. The highest BCUT2D eigenvalue weighted by molar-refractivity contribution is 6.31. The molecule has 0 aliphatic heterocycles. The predicted octanol–water partition coefficient (Wildman–Crippen LogP) is 6.86. The quantitative estimate of drug-likeness (QED) is 0.370. The summed E-state index contributed by atoms with van der Waals surface area (Å²) in [6.45, 7) is 5.84. The molecule has 0 unspecified atom stereocenters. The fraction of sp³-hybridized carbons (Fsp3) is 0.182. The van der Waals surface area contributed by atoms with Crippen LogP contribution in [0.3, 0.4) is 0 Å². The Morgan fingerprint density at radius 1 is 0.538 bits per heavy atom. The van der Waals surface area contributed by atoms with Gasteiger partial charge in [0, 0.05) is 15.1 Å². The van der Waals surface area contributed by atoms with Crippen molar-refractivity contribution >= 4 is 34.8 Å². The highest BCUT2D eigenvalue weighted by Crippen LogP contribution is 2.40. The maximum Gasteiger partial charge on any atom is 0.140 e. The number of hydrogen-bond donors (Lipinski definition) is 1. The number of aryl methyl sites for hydroxylation is 3. The van der Waals surface area contributed by atoms with E-state index in [9.17, 15) is 5.11 Å². The lowest BCUT2D eigenvalue weighted by Crippen LogP contribution is -2.29. The number of benzene rings is 3. The largest absolute Gasteiger partial charge is 0.376 e. The van der Waals surface area contributed by atoms with Gasteiger partial charge in [0.25, 0.3) is 0 Å². The highest BCUT2D eigenvalue weighted by Gasteiger charge is 2.35. The molecule has 0 spiro atoms. The Balaban J connectivity index is 2.38. The Kier molecular flexibility index (Phi) is 5.37. The lowest BCUT2D eigenvalue weighted by atomic mass is 10.0. The van der Waals surface area contributed by atoms with Gasteiger partial charge in [-0.05, 0) is 90.6 Å². The fourth-order valence-corrected chi connectivity index (χ4v) is 4.20. The molecule has 0 radical (unpaired) electrons. The number of hydrogen-bond acceptors (Lipinski definition) is 1. The molecule has 0 aliphatic carbocycles. The van der Waals surface area contributed by atoms with E-state index in [1.54, 1.807) is 18.2 Å². The summed E-state index contributed by atoms with van der Waals surface area (Å²) < 4.78 is 0. The summed E-state index contributed by atoms with van der Waals surface area (Å²) in [5.74, 6) is 0. The van der Waals surface area contributed by atoms with Crippen LogP contribution in [0.5, 0.6) is 0 Å². The van der Waals surface area contributed by atoms with Crippen LogP contribution >= 0.6 is 34.8 Å². The van der Waals surface area contributed by atoms with Crippen molar-refractivity contribution in [3.8, 4) is 0 Å². The Morgan fingerprint density at radius 2 is 0.808 bits per heavy atom. The van der Waals surface area contributed by atoms with Crippen molar-refractivity contribution < 1.29 is 5.11 Å². The van der Waals surface area contributed by atoms with Crippen LogP contribution in [0.25, 0.3) is 0 Å². The van der Waals surface area contributed by atoms with Gasteiger partial charge < -0.3 is 5.11 Å². The molecule has 3 aromatic carbocycles. The molecule has 0 aliphatic rings. The average Bonchev–Trinajstić information content (AvgIpc) is 2.51. The van der Waals surface area contributed by atoms with Gasteiger partial charge in [0.1, 0.15) is 5.60 Å². The third kappa shape index (κ3) is 3.77. The van der Waals surface area contributed by atoms with Crippen LogP contribution in [0.1, 0.15) is 33.4 Å². The van der Waals surface area contributed by atoms with Gasteiger partial charge in [0.05, 0.1) is 0 Å². The summed E-state index contributed by atoms with van der Waals surface area (Å²) >= 11 is 18.9. The lowest BCUT2D eigenvalue weighted by molar-refractivity contribution is 0.125. The Hall–Kier alpha value is -1.51. The first-order valence-corrected chi connectivity index (χ1v) is 9.37. The van der Waals surface area contributed by atoms with Gasteiger partial charge in [-0.2, -0.15) is 0 Å². The first-order chi connectivity index (χ1) is 12.2. The molecule has 0 atom stereocenters. The summed E-state index contributed by atoms with van der Waals surface area (Å²) in [4.78, 5) is 0. The van der Waals surface area contributed by atoms with Crippen molar-refractivity contribution in [2.75, 3.05) is 0 Å². The Morgan fingerprint density at radius 3 is 1.04 bits per heavy atom. The SMILES string of the molecule is [13CH3]c1cc(Cl)cc([13C](O)(c2cc([13CH3])cc(Cl)c2)c2cc([13CH3])cc(Cl)c2)c1. The van der Waals surface area contributed by atoms with Crippen molar-refractivity contribution in [2.45, 2.75) is 26.4 Å². The summed E-state index contributed by atoms with van der Waals surface area (Å²) in [7, 11) is 0. The van der Waals surface area contributed by atoms with Gasteiger partial charge in [-0.3, -0.25) is 0 Å². The van der Waals surface area contributed by atoms with Gasteiger partial charge in [0.2, 0.25) is 0 Å². The van der Waals surface area contributed by atoms with Gasteiger partial charge in [-0.1, -0.05) is 53.0 Å². The zero-order valence-corrected chi connectivity index (χ0v) is 17.0. The van der Waals surface area contributed by atoms with Gasteiger partial charge >= 0.3 is 0 Å². The second-order valence-corrected chi connectivity index (χ2v) is 8.07. The van der Waals surface area contributed by atoms with E-state index < -0.39 is 5.60 Å². The second kappa shape index (κ2) is 7.25. The fourth-order valence-electron chi connectivity index (χ4n) is 3.34. The van der Waals surface area contributed by atoms with Crippen molar-refractivity contribution in [1.82, 2.24) is 0 Å². The van der Waals surface area contributed by atoms with Gasteiger partial charge in [-0.25, -0.2) is 0 Å². The third-order valence-electron chi connectivity index (χ3n) is 4.38. The first kappa shape index (κ1) is 19.3. The van der Waals surface area contributed by atoms with E-state index in [1.807, 2.05) is 57.2 Å². The molecule has 3 aromatic rings. The maximum atomic E-state index is 12.0. The minimum Gasteiger partial charge on any atom is -0.376 e. The summed E-state index contributed by atoms with van der Waals surface area (Å²) in [6, 6.07) is 16.7. The van der Waals surface area contributed by atoms with E-state index in [1.165, 1.54) is 0 Å². The highest BCUT2D eigenvalue weighted by atomic mass is 35.5. The van der Waals surface area contributed by atoms with Crippen LogP contribution in [0, 0.1) is 20.8 Å². The normalized spacial score (nSPS) is 11.7. The molecule has 3 rings (SSSR count). The van der Waals surface area contributed by atoms with Crippen LogP contribution in [0.4, 0.5) is 0 Å². The molecule has 0 fully saturated rings.